The highest BCUT2D eigenvalue weighted by molar-refractivity contribution is 6.33. The van der Waals surface area contributed by atoms with Crippen LogP contribution in [0.3, 0.4) is 0 Å². The van der Waals surface area contributed by atoms with Gasteiger partial charge in [0.05, 0.1) is 16.9 Å². The minimum absolute atomic E-state index is 0.0692. The summed E-state index contributed by atoms with van der Waals surface area (Å²) in [7, 11) is 0. The van der Waals surface area contributed by atoms with Crippen LogP contribution in [0.5, 0.6) is 0 Å². The number of benzene rings is 1. The van der Waals surface area contributed by atoms with Gasteiger partial charge in [-0.25, -0.2) is 14.8 Å². The number of amides is 2. The lowest BCUT2D eigenvalue weighted by Crippen LogP contribution is -2.33. The van der Waals surface area contributed by atoms with Crippen LogP contribution >= 0.6 is 11.6 Å². The van der Waals surface area contributed by atoms with Gasteiger partial charge in [-0.05, 0) is 46.1 Å². The van der Waals surface area contributed by atoms with Crippen molar-refractivity contribution in [3.05, 3.63) is 41.7 Å². The van der Waals surface area contributed by atoms with Crippen molar-refractivity contribution in [3.8, 4) is 11.3 Å². The van der Waals surface area contributed by atoms with E-state index in [4.69, 9.17) is 16.3 Å². The normalized spacial score (nSPS) is 15.8. The lowest BCUT2D eigenvalue weighted by Gasteiger charge is -2.19. The van der Waals surface area contributed by atoms with Crippen molar-refractivity contribution in [2.24, 2.45) is 0 Å². The number of ether oxygens (including phenoxy) is 1. The van der Waals surface area contributed by atoms with Crippen LogP contribution in [0, 0.1) is 0 Å². The van der Waals surface area contributed by atoms with E-state index in [2.05, 4.69) is 25.6 Å². The number of para-hydroxylation sites is 1. The van der Waals surface area contributed by atoms with E-state index in [0.717, 1.165) is 29.3 Å². The second-order valence-corrected chi connectivity index (χ2v) is 10.4. The van der Waals surface area contributed by atoms with E-state index >= 15 is 0 Å². The molecule has 1 aliphatic heterocycles. The largest absolute Gasteiger partial charge is 0.444 e. The third-order valence-electron chi connectivity index (χ3n) is 5.95. The van der Waals surface area contributed by atoms with Crippen LogP contribution in [-0.2, 0) is 9.53 Å². The average Bonchev–Trinajstić information content (AvgIpc) is 3.46. The highest BCUT2D eigenvalue weighted by Crippen LogP contribution is 2.32. The van der Waals surface area contributed by atoms with E-state index < -0.39 is 11.7 Å². The molecule has 192 valence electrons. The third kappa shape index (κ3) is 6.66. The summed E-state index contributed by atoms with van der Waals surface area (Å²) in [6.45, 7) is 7.25. The molecule has 9 nitrogen and oxygen atoms in total. The topological polar surface area (TPSA) is 112 Å². The summed E-state index contributed by atoms with van der Waals surface area (Å²) in [4.78, 5) is 38.5. The first-order chi connectivity index (χ1) is 17.2. The molecule has 1 fully saturated rings. The van der Waals surface area contributed by atoms with Crippen molar-refractivity contribution in [1.29, 1.82) is 0 Å². The lowest BCUT2D eigenvalue weighted by molar-refractivity contribution is -0.130. The van der Waals surface area contributed by atoms with Gasteiger partial charge in [0.2, 0.25) is 11.9 Å². The number of aromatic nitrogens is 3. The number of anilines is 1. The Hall–Kier alpha value is -3.33. The summed E-state index contributed by atoms with van der Waals surface area (Å²) in [6, 6.07) is 8.07. The monoisotopic (exact) mass is 512 g/mol. The van der Waals surface area contributed by atoms with Crippen LogP contribution < -0.4 is 10.6 Å². The summed E-state index contributed by atoms with van der Waals surface area (Å²) in [6.07, 6.45) is 5.77. The minimum atomic E-state index is -0.518. The second-order valence-electron chi connectivity index (χ2n) is 9.99. The van der Waals surface area contributed by atoms with Gasteiger partial charge in [0.15, 0.2) is 0 Å². The number of unbranched alkanes of at least 4 members (excludes halogenated alkanes) is 1. The van der Waals surface area contributed by atoms with E-state index in [-0.39, 0.29) is 11.9 Å². The van der Waals surface area contributed by atoms with Crippen LogP contribution in [0.15, 0.2) is 36.7 Å². The zero-order chi connectivity index (χ0) is 25.7. The fourth-order valence-electron chi connectivity index (χ4n) is 4.24. The van der Waals surface area contributed by atoms with E-state index in [9.17, 15) is 9.59 Å². The van der Waals surface area contributed by atoms with Crippen molar-refractivity contribution in [3.63, 3.8) is 0 Å². The van der Waals surface area contributed by atoms with E-state index in [1.165, 1.54) is 0 Å². The number of rotatable bonds is 8. The number of carbonyl (C=O) groups is 2. The molecule has 3 heterocycles. The van der Waals surface area contributed by atoms with Crippen molar-refractivity contribution >= 4 is 40.5 Å². The van der Waals surface area contributed by atoms with E-state index in [0.29, 0.717) is 49.1 Å². The zero-order valence-corrected chi connectivity index (χ0v) is 21.7. The summed E-state index contributed by atoms with van der Waals surface area (Å²) >= 11 is 6.44. The van der Waals surface area contributed by atoms with Crippen LogP contribution in [0.1, 0.15) is 46.5 Å². The molecule has 0 bridgehead atoms. The molecule has 0 aliphatic carbocycles. The Bertz CT molecular complexity index is 1220. The molecule has 1 saturated heterocycles. The predicted molar refractivity (Wildman–Crippen MR) is 141 cm³/mol. The highest BCUT2D eigenvalue weighted by Gasteiger charge is 2.26. The maximum absolute atomic E-state index is 12.6. The minimum Gasteiger partial charge on any atom is -0.444 e. The number of hydrogen-bond donors (Lipinski definition) is 3. The summed E-state index contributed by atoms with van der Waals surface area (Å²) in [5, 5.41) is 7.61. The summed E-state index contributed by atoms with van der Waals surface area (Å²) < 4.78 is 5.21. The molecule has 1 aromatic carbocycles. The Labute approximate surface area is 216 Å². The number of likely N-dealkylation sites (tertiary alicyclic amines) is 1. The maximum Gasteiger partial charge on any atom is 0.407 e. The van der Waals surface area contributed by atoms with Crippen LogP contribution in [-0.4, -0.2) is 63.1 Å². The smallest absolute Gasteiger partial charge is 0.407 e. The van der Waals surface area contributed by atoms with E-state index in [1.54, 1.807) is 6.20 Å². The Balaban J connectivity index is 1.25. The van der Waals surface area contributed by atoms with E-state index in [1.807, 2.05) is 56.1 Å². The number of aromatic amines is 1. The van der Waals surface area contributed by atoms with Gasteiger partial charge in [0, 0.05) is 54.8 Å². The molecule has 10 heteroatoms. The van der Waals surface area contributed by atoms with Crippen molar-refractivity contribution in [1.82, 2.24) is 25.2 Å². The van der Waals surface area contributed by atoms with Crippen LogP contribution in [0.4, 0.5) is 10.7 Å². The van der Waals surface area contributed by atoms with Gasteiger partial charge in [-0.1, -0.05) is 29.8 Å². The maximum atomic E-state index is 12.6. The molecule has 36 heavy (non-hydrogen) atoms. The number of H-pyrrole nitrogens is 1. The van der Waals surface area contributed by atoms with Gasteiger partial charge >= 0.3 is 6.09 Å². The SMILES string of the molecule is CC(C)(C)OC(=O)NCCCCC(=O)N1CC[C@@H](Nc2ncc(Cl)c(-c3c[nH]c4ccccc34)n2)C1. The fourth-order valence-corrected chi connectivity index (χ4v) is 4.44. The Morgan fingerprint density at radius 1 is 1.25 bits per heavy atom. The van der Waals surface area contributed by atoms with Crippen molar-refractivity contribution in [2.75, 3.05) is 25.0 Å². The van der Waals surface area contributed by atoms with Gasteiger partial charge in [-0.15, -0.1) is 0 Å². The molecular weight excluding hydrogens is 480 g/mol. The number of alkyl carbamates (subject to hydrolysis) is 1. The van der Waals surface area contributed by atoms with Crippen molar-refractivity contribution < 1.29 is 14.3 Å². The third-order valence-corrected chi connectivity index (χ3v) is 6.22. The average molecular weight is 513 g/mol. The standard InChI is InChI=1S/C26H33ClN6O3/c1-26(2,3)36-25(35)28-12-7-6-10-22(34)33-13-11-17(16-33)31-24-30-15-20(27)23(32-24)19-14-29-21-9-5-4-8-18(19)21/h4-5,8-9,14-15,17,29H,6-7,10-13,16H2,1-3H3,(H,28,35)(H,30,31,32)/t17-/m1/s1. The van der Waals surface area contributed by atoms with Crippen LogP contribution in [0.25, 0.3) is 22.2 Å². The summed E-state index contributed by atoms with van der Waals surface area (Å²) in [5.74, 6) is 0.611. The fraction of sp³-hybridized carbons (Fsp3) is 0.462. The zero-order valence-electron chi connectivity index (χ0n) is 20.9. The molecule has 3 aromatic rings. The van der Waals surface area contributed by atoms with Crippen LogP contribution in [0.2, 0.25) is 5.02 Å². The number of halogens is 1. The van der Waals surface area contributed by atoms with Gasteiger partial charge in [0.25, 0.3) is 0 Å². The molecule has 2 aromatic heterocycles. The van der Waals surface area contributed by atoms with Gasteiger partial charge in [-0.3, -0.25) is 4.79 Å². The molecule has 3 N–H and O–H groups in total. The molecular formula is C26H33ClN6O3. The number of hydrogen-bond acceptors (Lipinski definition) is 6. The number of nitrogens with one attached hydrogen (secondary N) is 3. The molecule has 2 amide bonds. The van der Waals surface area contributed by atoms with Gasteiger partial charge < -0.3 is 25.3 Å². The molecule has 4 rings (SSSR count). The Kier molecular flexibility index (Phi) is 7.98. The molecule has 0 spiro atoms. The van der Waals surface area contributed by atoms with Crippen molar-refractivity contribution in [2.45, 2.75) is 58.1 Å². The quantitative estimate of drug-likeness (QED) is 0.367. The molecule has 1 aliphatic rings. The molecule has 1 atom stereocenters. The Morgan fingerprint density at radius 3 is 2.86 bits per heavy atom. The number of nitrogens with zero attached hydrogens (tertiary/aromatic N) is 3. The molecule has 0 radical (unpaired) electrons. The predicted octanol–water partition coefficient (Wildman–Crippen LogP) is 4.99. The first-order valence-electron chi connectivity index (χ1n) is 12.3. The molecule has 0 unspecified atom stereocenters. The van der Waals surface area contributed by atoms with Gasteiger partial charge in [0.1, 0.15) is 5.60 Å². The first-order valence-corrected chi connectivity index (χ1v) is 12.7. The number of carbonyl (C=O) groups excluding carboxylic acids is 2. The summed E-state index contributed by atoms with van der Waals surface area (Å²) in [5.41, 5.74) is 2.08. The lowest BCUT2D eigenvalue weighted by atomic mass is 10.1. The first kappa shape index (κ1) is 25.8. The number of fused-ring (bicyclic) bond motifs is 1. The van der Waals surface area contributed by atoms with Gasteiger partial charge in [-0.2, -0.15) is 0 Å². The molecule has 0 saturated carbocycles. The highest BCUT2D eigenvalue weighted by atomic mass is 35.5. The second kappa shape index (κ2) is 11.2. The Morgan fingerprint density at radius 2 is 2.06 bits per heavy atom.